The minimum Gasteiger partial charge on any atom is -0.497 e. The molecule has 1 aliphatic rings. The summed E-state index contributed by atoms with van der Waals surface area (Å²) in [5.41, 5.74) is 1.57. The van der Waals surface area contributed by atoms with Crippen LogP contribution in [0.4, 0.5) is 5.69 Å². The molecule has 0 aromatic heterocycles. The van der Waals surface area contributed by atoms with Crippen LogP contribution in [0.1, 0.15) is 24.0 Å². The summed E-state index contributed by atoms with van der Waals surface area (Å²) in [5.74, 6) is 1.14. The van der Waals surface area contributed by atoms with E-state index in [1.165, 1.54) is 12.1 Å². The minimum atomic E-state index is -0.437. The molecule has 1 saturated carbocycles. The summed E-state index contributed by atoms with van der Waals surface area (Å²) in [6.07, 6.45) is 2.00. The second-order valence-electron chi connectivity index (χ2n) is 6.59. The zero-order valence-corrected chi connectivity index (χ0v) is 15.4. The average molecular weight is 370 g/mol. The van der Waals surface area contributed by atoms with Gasteiger partial charge in [0, 0.05) is 24.2 Å². The normalized spacial score (nSPS) is 13.1. The van der Waals surface area contributed by atoms with Gasteiger partial charge < -0.3 is 14.4 Å². The molecule has 1 amide bonds. The van der Waals surface area contributed by atoms with Crippen molar-refractivity contribution in [3.05, 3.63) is 63.7 Å². The maximum absolute atomic E-state index is 12.7. The van der Waals surface area contributed by atoms with Gasteiger partial charge in [-0.05, 0) is 49.6 Å². The fourth-order valence-corrected chi connectivity index (χ4v) is 2.89. The first-order chi connectivity index (χ1) is 13.0. The standard InChI is InChI=1S/C20H22N2O5/c1-14-11-18(9-10-19(14)22(24)25)27-13-20(23)21(16-5-6-16)12-15-3-7-17(26-2)8-4-15/h3-4,7-11,16H,5-6,12-13H2,1-2H3. The van der Waals surface area contributed by atoms with Gasteiger partial charge in [0.1, 0.15) is 11.5 Å². The number of methoxy groups -OCH3 is 1. The summed E-state index contributed by atoms with van der Waals surface area (Å²) in [6, 6.07) is 12.4. The van der Waals surface area contributed by atoms with E-state index < -0.39 is 4.92 Å². The van der Waals surface area contributed by atoms with Crippen molar-refractivity contribution < 1.29 is 19.2 Å². The fraction of sp³-hybridized carbons (Fsp3) is 0.350. The molecule has 2 aromatic rings. The molecule has 0 saturated heterocycles. The molecule has 1 fully saturated rings. The van der Waals surface area contributed by atoms with E-state index in [-0.39, 0.29) is 24.2 Å². The van der Waals surface area contributed by atoms with E-state index in [9.17, 15) is 14.9 Å². The fourth-order valence-electron chi connectivity index (χ4n) is 2.89. The monoisotopic (exact) mass is 370 g/mol. The highest BCUT2D eigenvalue weighted by molar-refractivity contribution is 5.78. The molecule has 7 nitrogen and oxygen atoms in total. The van der Waals surface area contributed by atoms with E-state index >= 15 is 0 Å². The molecule has 2 aromatic carbocycles. The number of nitro groups is 1. The highest BCUT2D eigenvalue weighted by atomic mass is 16.6. The molecule has 0 unspecified atom stereocenters. The summed E-state index contributed by atoms with van der Waals surface area (Å²) in [5, 5.41) is 10.9. The minimum absolute atomic E-state index is 0.0350. The van der Waals surface area contributed by atoms with E-state index in [2.05, 4.69) is 0 Å². The Kier molecular flexibility index (Phi) is 5.59. The number of amides is 1. The average Bonchev–Trinajstić information content (AvgIpc) is 3.49. The van der Waals surface area contributed by atoms with Crippen LogP contribution in [0.2, 0.25) is 0 Å². The number of hydrogen-bond acceptors (Lipinski definition) is 5. The third kappa shape index (κ3) is 4.75. The zero-order valence-electron chi connectivity index (χ0n) is 15.4. The molecule has 0 heterocycles. The van der Waals surface area contributed by atoms with Gasteiger partial charge in [0.25, 0.3) is 11.6 Å². The van der Waals surface area contributed by atoms with E-state index in [4.69, 9.17) is 9.47 Å². The van der Waals surface area contributed by atoms with Gasteiger partial charge in [0.05, 0.1) is 12.0 Å². The molecule has 27 heavy (non-hydrogen) atoms. The van der Waals surface area contributed by atoms with Gasteiger partial charge >= 0.3 is 0 Å². The van der Waals surface area contributed by atoms with Crippen molar-refractivity contribution in [2.45, 2.75) is 32.4 Å². The molecule has 142 valence electrons. The summed E-state index contributed by atoms with van der Waals surface area (Å²) in [4.78, 5) is 24.9. The zero-order chi connectivity index (χ0) is 19.4. The van der Waals surface area contributed by atoms with Crippen LogP contribution in [0.5, 0.6) is 11.5 Å². The summed E-state index contributed by atoms with van der Waals surface area (Å²) in [6.45, 7) is 2.08. The van der Waals surface area contributed by atoms with Crippen LogP contribution in [0, 0.1) is 17.0 Å². The van der Waals surface area contributed by atoms with Crippen LogP contribution >= 0.6 is 0 Å². The topological polar surface area (TPSA) is 81.9 Å². The van der Waals surface area contributed by atoms with Gasteiger partial charge in [0.15, 0.2) is 6.61 Å². The van der Waals surface area contributed by atoms with Crippen molar-refractivity contribution in [1.29, 1.82) is 0 Å². The molecule has 0 N–H and O–H groups in total. The highest BCUT2D eigenvalue weighted by Crippen LogP contribution is 2.29. The van der Waals surface area contributed by atoms with Crippen LogP contribution < -0.4 is 9.47 Å². The van der Waals surface area contributed by atoms with Crippen molar-refractivity contribution in [3.8, 4) is 11.5 Å². The molecular weight excluding hydrogens is 348 g/mol. The highest BCUT2D eigenvalue weighted by Gasteiger charge is 2.32. The van der Waals surface area contributed by atoms with Crippen molar-refractivity contribution >= 4 is 11.6 Å². The first kappa shape index (κ1) is 18.7. The summed E-state index contributed by atoms with van der Waals surface area (Å²) in [7, 11) is 1.62. The number of hydrogen-bond donors (Lipinski definition) is 0. The molecular formula is C20H22N2O5. The second kappa shape index (κ2) is 8.07. The Morgan fingerprint density at radius 1 is 1.19 bits per heavy atom. The molecule has 3 rings (SSSR count). The van der Waals surface area contributed by atoms with Crippen LogP contribution in [0.3, 0.4) is 0 Å². The number of benzene rings is 2. The predicted molar refractivity (Wildman–Crippen MR) is 99.9 cm³/mol. The van der Waals surface area contributed by atoms with Crippen LogP contribution in [0.25, 0.3) is 0 Å². The Bertz CT molecular complexity index is 831. The molecule has 1 aliphatic carbocycles. The Balaban J connectivity index is 1.62. The number of carbonyl (C=O) groups excluding carboxylic acids is 1. The molecule has 0 aliphatic heterocycles. The maximum Gasteiger partial charge on any atom is 0.272 e. The van der Waals surface area contributed by atoms with Gasteiger partial charge in [-0.1, -0.05) is 12.1 Å². The quantitative estimate of drug-likeness (QED) is 0.525. The Morgan fingerprint density at radius 2 is 1.85 bits per heavy atom. The van der Waals surface area contributed by atoms with Crippen LogP contribution in [-0.4, -0.2) is 35.5 Å². The van der Waals surface area contributed by atoms with Gasteiger partial charge in [-0.15, -0.1) is 0 Å². The summed E-state index contributed by atoms with van der Waals surface area (Å²) >= 11 is 0. The molecule has 0 radical (unpaired) electrons. The number of nitro benzene ring substituents is 1. The Morgan fingerprint density at radius 3 is 2.41 bits per heavy atom. The predicted octanol–water partition coefficient (Wildman–Crippen LogP) is 3.48. The second-order valence-corrected chi connectivity index (χ2v) is 6.59. The number of rotatable bonds is 8. The number of nitrogens with zero attached hydrogens (tertiary/aromatic N) is 2. The first-order valence-corrected chi connectivity index (χ1v) is 8.78. The third-order valence-electron chi connectivity index (χ3n) is 4.55. The van der Waals surface area contributed by atoms with Gasteiger partial charge in [-0.3, -0.25) is 14.9 Å². The smallest absolute Gasteiger partial charge is 0.272 e. The Hall–Kier alpha value is -3.09. The molecule has 0 bridgehead atoms. The van der Waals surface area contributed by atoms with Gasteiger partial charge in [0.2, 0.25) is 0 Å². The lowest BCUT2D eigenvalue weighted by Crippen LogP contribution is -2.36. The van der Waals surface area contributed by atoms with Crippen molar-refractivity contribution in [2.75, 3.05) is 13.7 Å². The largest absolute Gasteiger partial charge is 0.497 e. The van der Waals surface area contributed by atoms with Crippen LogP contribution in [-0.2, 0) is 11.3 Å². The lowest BCUT2D eigenvalue weighted by molar-refractivity contribution is -0.385. The number of carbonyl (C=O) groups is 1. The van der Waals surface area contributed by atoms with E-state index in [0.717, 1.165) is 24.2 Å². The van der Waals surface area contributed by atoms with Gasteiger partial charge in [-0.25, -0.2) is 0 Å². The van der Waals surface area contributed by atoms with Crippen molar-refractivity contribution in [2.24, 2.45) is 0 Å². The lowest BCUT2D eigenvalue weighted by Gasteiger charge is -2.23. The van der Waals surface area contributed by atoms with E-state index in [1.807, 2.05) is 29.2 Å². The first-order valence-electron chi connectivity index (χ1n) is 8.78. The maximum atomic E-state index is 12.7. The third-order valence-corrected chi connectivity index (χ3v) is 4.55. The van der Waals surface area contributed by atoms with E-state index in [1.54, 1.807) is 20.1 Å². The number of aryl methyl sites for hydroxylation is 1. The van der Waals surface area contributed by atoms with Crippen molar-refractivity contribution in [3.63, 3.8) is 0 Å². The summed E-state index contributed by atoms with van der Waals surface area (Å²) < 4.78 is 10.7. The SMILES string of the molecule is COc1ccc(CN(C(=O)COc2ccc([N+](=O)[O-])c(C)c2)C2CC2)cc1. The Labute approximate surface area is 157 Å². The van der Waals surface area contributed by atoms with E-state index in [0.29, 0.717) is 17.9 Å². The number of ether oxygens (including phenoxy) is 2. The molecule has 0 spiro atoms. The molecule has 7 heteroatoms. The molecule has 0 atom stereocenters. The van der Waals surface area contributed by atoms with Crippen molar-refractivity contribution in [1.82, 2.24) is 4.90 Å². The van der Waals surface area contributed by atoms with Crippen LogP contribution in [0.15, 0.2) is 42.5 Å². The lowest BCUT2D eigenvalue weighted by atomic mass is 10.2. The van der Waals surface area contributed by atoms with Gasteiger partial charge in [-0.2, -0.15) is 0 Å².